The molecule has 1 heterocycles. The molecule has 19 heavy (non-hydrogen) atoms. The predicted molar refractivity (Wildman–Crippen MR) is 75.5 cm³/mol. The van der Waals surface area contributed by atoms with Crippen LogP contribution in [0.15, 0.2) is 29.2 Å². The molecule has 1 aromatic carbocycles. The number of carbonyl (C=O) groups excluding carboxylic acids is 1. The summed E-state index contributed by atoms with van der Waals surface area (Å²) < 4.78 is 5.09. The number of aliphatic hydroxyl groups is 1. The number of likely N-dealkylation sites (tertiary alicyclic amines) is 1. The molecule has 1 aliphatic heterocycles. The van der Waals surface area contributed by atoms with E-state index in [1.54, 1.807) is 7.11 Å². The maximum atomic E-state index is 12.0. The number of carbonyl (C=O) groups is 1. The molecule has 1 N–H and O–H groups in total. The van der Waals surface area contributed by atoms with E-state index < -0.39 is 0 Å². The zero-order valence-corrected chi connectivity index (χ0v) is 11.9. The Kier molecular flexibility index (Phi) is 5.10. The molecule has 0 saturated carbocycles. The molecule has 5 heteroatoms. The Morgan fingerprint density at radius 1 is 1.47 bits per heavy atom. The lowest BCUT2D eigenvalue weighted by Gasteiger charge is -2.15. The molecular formula is C14H19NO3S. The van der Waals surface area contributed by atoms with Gasteiger partial charge in [0.15, 0.2) is 0 Å². The fourth-order valence-corrected chi connectivity index (χ4v) is 2.92. The van der Waals surface area contributed by atoms with Crippen molar-refractivity contribution in [2.45, 2.75) is 11.3 Å². The van der Waals surface area contributed by atoms with Crippen molar-refractivity contribution in [3.05, 3.63) is 24.3 Å². The van der Waals surface area contributed by atoms with Gasteiger partial charge in [-0.1, -0.05) is 0 Å². The van der Waals surface area contributed by atoms with E-state index in [1.807, 2.05) is 29.2 Å². The molecule has 0 aliphatic carbocycles. The molecule has 0 bridgehead atoms. The van der Waals surface area contributed by atoms with Crippen LogP contribution >= 0.6 is 11.8 Å². The van der Waals surface area contributed by atoms with Crippen LogP contribution in [-0.2, 0) is 4.79 Å². The number of thioether (sulfide) groups is 1. The summed E-state index contributed by atoms with van der Waals surface area (Å²) in [5.41, 5.74) is 0. The van der Waals surface area contributed by atoms with Crippen molar-refractivity contribution in [3.63, 3.8) is 0 Å². The number of hydrogen-bond donors (Lipinski definition) is 1. The highest BCUT2D eigenvalue weighted by atomic mass is 32.2. The van der Waals surface area contributed by atoms with Gasteiger partial charge in [0, 0.05) is 30.5 Å². The fraction of sp³-hybridized carbons (Fsp3) is 0.500. The third-order valence-electron chi connectivity index (χ3n) is 3.32. The lowest BCUT2D eigenvalue weighted by Crippen LogP contribution is -2.30. The van der Waals surface area contributed by atoms with Gasteiger partial charge < -0.3 is 14.7 Å². The average molecular weight is 281 g/mol. The van der Waals surface area contributed by atoms with Gasteiger partial charge in [-0.25, -0.2) is 0 Å². The van der Waals surface area contributed by atoms with E-state index in [-0.39, 0.29) is 18.4 Å². The number of methoxy groups -OCH3 is 1. The predicted octanol–water partition coefficient (Wildman–Crippen LogP) is 1.63. The molecule has 1 unspecified atom stereocenters. The van der Waals surface area contributed by atoms with E-state index >= 15 is 0 Å². The Morgan fingerprint density at radius 3 is 2.79 bits per heavy atom. The smallest absolute Gasteiger partial charge is 0.232 e. The van der Waals surface area contributed by atoms with E-state index in [4.69, 9.17) is 9.84 Å². The Morgan fingerprint density at radius 2 is 2.21 bits per heavy atom. The summed E-state index contributed by atoms with van der Waals surface area (Å²) in [6.45, 7) is 1.64. The number of nitrogens with zero attached hydrogens (tertiary/aromatic N) is 1. The SMILES string of the molecule is COc1ccc(SCC(=O)N2CCC(CO)C2)cc1. The Balaban J connectivity index is 1.80. The monoisotopic (exact) mass is 281 g/mol. The first-order valence-corrected chi connectivity index (χ1v) is 7.37. The highest BCUT2D eigenvalue weighted by molar-refractivity contribution is 8.00. The summed E-state index contributed by atoms with van der Waals surface area (Å²) in [5, 5.41) is 9.07. The molecule has 2 rings (SSSR count). The Hall–Kier alpha value is -1.20. The summed E-state index contributed by atoms with van der Waals surface area (Å²) in [7, 11) is 1.64. The van der Waals surface area contributed by atoms with Gasteiger partial charge in [-0.15, -0.1) is 11.8 Å². The van der Waals surface area contributed by atoms with Gasteiger partial charge in [0.2, 0.25) is 5.91 Å². The molecule has 0 aromatic heterocycles. The molecule has 0 spiro atoms. The number of ether oxygens (including phenoxy) is 1. The maximum Gasteiger partial charge on any atom is 0.232 e. The minimum atomic E-state index is 0.150. The number of benzene rings is 1. The minimum Gasteiger partial charge on any atom is -0.497 e. The summed E-state index contributed by atoms with van der Waals surface area (Å²) in [4.78, 5) is 14.9. The summed E-state index contributed by atoms with van der Waals surface area (Å²) in [6.07, 6.45) is 0.912. The molecule has 104 valence electrons. The number of hydrogen-bond acceptors (Lipinski definition) is 4. The van der Waals surface area contributed by atoms with Crippen LogP contribution in [0.1, 0.15) is 6.42 Å². The van der Waals surface area contributed by atoms with Crippen molar-refractivity contribution >= 4 is 17.7 Å². The van der Waals surface area contributed by atoms with Crippen molar-refractivity contribution in [2.24, 2.45) is 5.92 Å². The van der Waals surface area contributed by atoms with Crippen LogP contribution in [0.5, 0.6) is 5.75 Å². The lowest BCUT2D eigenvalue weighted by atomic mass is 10.1. The van der Waals surface area contributed by atoms with Gasteiger partial charge in [-0.3, -0.25) is 4.79 Å². The molecule has 0 radical (unpaired) electrons. The van der Waals surface area contributed by atoms with Crippen molar-refractivity contribution in [1.29, 1.82) is 0 Å². The quantitative estimate of drug-likeness (QED) is 0.833. The van der Waals surface area contributed by atoms with Crippen LogP contribution in [0.3, 0.4) is 0 Å². The number of rotatable bonds is 5. The lowest BCUT2D eigenvalue weighted by molar-refractivity contribution is -0.127. The average Bonchev–Trinajstić information content (AvgIpc) is 2.94. The van der Waals surface area contributed by atoms with E-state index in [0.29, 0.717) is 12.3 Å². The summed E-state index contributed by atoms with van der Waals surface area (Å²) in [5.74, 6) is 1.68. The van der Waals surface area contributed by atoms with Crippen LogP contribution in [-0.4, -0.2) is 48.5 Å². The van der Waals surface area contributed by atoms with Gasteiger partial charge >= 0.3 is 0 Å². The molecular weight excluding hydrogens is 262 g/mol. The molecule has 1 fully saturated rings. The number of aliphatic hydroxyl groups excluding tert-OH is 1. The normalized spacial score (nSPS) is 18.6. The third kappa shape index (κ3) is 3.88. The van der Waals surface area contributed by atoms with Crippen LogP contribution in [0.25, 0.3) is 0 Å². The molecule has 4 nitrogen and oxygen atoms in total. The molecule has 1 atom stereocenters. The molecule has 1 aromatic rings. The highest BCUT2D eigenvalue weighted by Gasteiger charge is 2.25. The summed E-state index contributed by atoms with van der Waals surface area (Å²) in [6, 6.07) is 7.70. The minimum absolute atomic E-state index is 0.150. The van der Waals surface area contributed by atoms with Gasteiger partial charge in [0.05, 0.1) is 12.9 Å². The largest absolute Gasteiger partial charge is 0.497 e. The van der Waals surface area contributed by atoms with E-state index in [1.165, 1.54) is 11.8 Å². The Bertz CT molecular complexity index is 421. The van der Waals surface area contributed by atoms with Gasteiger partial charge in [-0.05, 0) is 30.7 Å². The topological polar surface area (TPSA) is 49.8 Å². The first-order valence-electron chi connectivity index (χ1n) is 6.38. The van der Waals surface area contributed by atoms with Gasteiger partial charge in [0.25, 0.3) is 0 Å². The second-order valence-electron chi connectivity index (χ2n) is 4.64. The van der Waals surface area contributed by atoms with Crippen molar-refractivity contribution in [2.75, 3.05) is 32.6 Å². The van der Waals surface area contributed by atoms with Crippen molar-refractivity contribution in [3.8, 4) is 5.75 Å². The van der Waals surface area contributed by atoms with Crippen LogP contribution in [0.4, 0.5) is 0 Å². The second kappa shape index (κ2) is 6.82. The molecule has 1 aliphatic rings. The fourth-order valence-electron chi connectivity index (χ4n) is 2.12. The number of amides is 1. The van der Waals surface area contributed by atoms with E-state index in [9.17, 15) is 4.79 Å². The standard InChI is InChI=1S/C14H19NO3S/c1-18-12-2-4-13(5-3-12)19-10-14(17)15-7-6-11(8-15)9-16/h2-5,11,16H,6-10H2,1H3. The second-order valence-corrected chi connectivity index (χ2v) is 5.69. The third-order valence-corrected chi connectivity index (χ3v) is 4.32. The molecule has 1 saturated heterocycles. The zero-order valence-electron chi connectivity index (χ0n) is 11.0. The van der Waals surface area contributed by atoms with E-state index in [2.05, 4.69) is 0 Å². The Labute approximate surface area is 117 Å². The molecule has 1 amide bonds. The van der Waals surface area contributed by atoms with Crippen molar-refractivity contribution < 1.29 is 14.6 Å². The van der Waals surface area contributed by atoms with Crippen LogP contribution < -0.4 is 4.74 Å². The van der Waals surface area contributed by atoms with Crippen molar-refractivity contribution in [1.82, 2.24) is 4.90 Å². The van der Waals surface area contributed by atoms with E-state index in [0.717, 1.165) is 23.6 Å². The summed E-state index contributed by atoms with van der Waals surface area (Å²) >= 11 is 1.53. The first kappa shape index (κ1) is 14.2. The zero-order chi connectivity index (χ0) is 13.7. The van der Waals surface area contributed by atoms with Gasteiger partial charge in [-0.2, -0.15) is 0 Å². The van der Waals surface area contributed by atoms with Crippen LogP contribution in [0, 0.1) is 5.92 Å². The maximum absolute atomic E-state index is 12.0. The highest BCUT2D eigenvalue weighted by Crippen LogP contribution is 2.23. The first-order chi connectivity index (χ1) is 9.22. The van der Waals surface area contributed by atoms with Crippen LogP contribution in [0.2, 0.25) is 0 Å². The van der Waals surface area contributed by atoms with Gasteiger partial charge in [0.1, 0.15) is 5.75 Å².